The second-order valence-electron chi connectivity index (χ2n) is 5.43. The minimum Gasteiger partial charge on any atom is -0.467 e. The summed E-state index contributed by atoms with van der Waals surface area (Å²) in [4.78, 5) is 26.6. The monoisotopic (exact) mass is 332 g/mol. The number of nitrogens with zero attached hydrogens (tertiary/aromatic N) is 1. The third kappa shape index (κ3) is 3.40. The van der Waals surface area contributed by atoms with Gasteiger partial charge in [0.1, 0.15) is 11.8 Å². The van der Waals surface area contributed by atoms with E-state index in [1.807, 2.05) is 0 Å². The number of likely N-dealkylation sites (tertiary alicyclic amines) is 1. The molecule has 0 spiro atoms. The van der Waals surface area contributed by atoms with Crippen LogP contribution < -0.4 is 5.32 Å². The van der Waals surface area contributed by atoms with Crippen molar-refractivity contribution in [2.24, 2.45) is 0 Å². The van der Waals surface area contributed by atoms with Gasteiger partial charge in [0.25, 0.3) is 5.91 Å². The number of halogens is 1. The summed E-state index contributed by atoms with van der Waals surface area (Å²) in [5.74, 6) is 0.311. The van der Waals surface area contributed by atoms with Gasteiger partial charge in [-0.25, -0.2) is 0 Å². The van der Waals surface area contributed by atoms with Gasteiger partial charge in [0.05, 0.1) is 23.4 Å². The lowest BCUT2D eigenvalue weighted by atomic mass is 10.1. The zero-order chi connectivity index (χ0) is 16.2. The lowest BCUT2D eigenvalue weighted by Crippen LogP contribution is -2.45. The maximum atomic E-state index is 12.7. The normalized spacial score (nSPS) is 17.3. The molecule has 120 valence electrons. The second kappa shape index (κ2) is 6.87. The Morgan fingerprint density at radius 2 is 2.09 bits per heavy atom. The van der Waals surface area contributed by atoms with Gasteiger partial charge in [0.2, 0.25) is 5.91 Å². The summed E-state index contributed by atoms with van der Waals surface area (Å²) in [6.07, 6.45) is 3.01. The Kier molecular flexibility index (Phi) is 4.67. The highest BCUT2D eigenvalue weighted by atomic mass is 35.5. The Bertz CT molecular complexity index is 700. The molecule has 2 aromatic rings. The molecule has 0 saturated carbocycles. The van der Waals surface area contributed by atoms with Gasteiger partial charge in [-0.15, -0.1) is 0 Å². The third-order valence-electron chi connectivity index (χ3n) is 3.94. The van der Waals surface area contributed by atoms with Crippen molar-refractivity contribution in [2.45, 2.75) is 25.4 Å². The van der Waals surface area contributed by atoms with Gasteiger partial charge in [-0.3, -0.25) is 9.59 Å². The summed E-state index contributed by atoms with van der Waals surface area (Å²) in [6, 6.07) is 10.00. The first-order valence-electron chi connectivity index (χ1n) is 7.52. The Hall–Kier alpha value is -2.27. The molecule has 2 amide bonds. The first kappa shape index (κ1) is 15.6. The summed E-state index contributed by atoms with van der Waals surface area (Å²) in [6.45, 7) is 0.874. The average molecular weight is 333 g/mol. The van der Waals surface area contributed by atoms with Crippen molar-refractivity contribution in [3.63, 3.8) is 0 Å². The van der Waals surface area contributed by atoms with E-state index in [1.54, 1.807) is 47.6 Å². The van der Waals surface area contributed by atoms with Crippen LogP contribution in [-0.4, -0.2) is 29.3 Å². The standard InChI is InChI=1S/C17H17ClN2O3/c18-14-7-2-1-6-13(14)17(22)20-9-3-8-15(20)16(21)19-11-12-5-4-10-23-12/h1-2,4-7,10,15H,3,8-9,11H2,(H,19,21). The number of carbonyl (C=O) groups excluding carboxylic acids is 2. The van der Waals surface area contributed by atoms with Crippen LogP contribution in [0.4, 0.5) is 0 Å². The van der Waals surface area contributed by atoms with E-state index in [0.29, 0.717) is 35.9 Å². The number of hydrogen-bond donors (Lipinski definition) is 1. The number of carbonyl (C=O) groups is 2. The van der Waals surface area contributed by atoms with E-state index >= 15 is 0 Å². The van der Waals surface area contributed by atoms with Crippen LogP contribution in [0.3, 0.4) is 0 Å². The fourth-order valence-electron chi connectivity index (χ4n) is 2.78. The summed E-state index contributed by atoms with van der Waals surface area (Å²) in [7, 11) is 0. The van der Waals surface area contributed by atoms with Crippen LogP contribution in [0.15, 0.2) is 47.1 Å². The molecule has 1 aromatic heterocycles. The summed E-state index contributed by atoms with van der Waals surface area (Å²) < 4.78 is 5.19. The SMILES string of the molecule is O=C(NCc1ccco1)C1CCCN1C(=O)c1ccccc1Cl. The van der Waals surface area contributed by atoms with Crippen LogP contribution in [0.2, 0.25) is 5.02 Å². The molecule has 23 heavy (non-hydrogen) atoms. The van der Waals surface area contributed by atoms with Crippen LogP contribution in [0, 0.1) is 0 Å². The summed E-state index contributed by atoms with van der Waals surface area (Å²) in [5, 5.41) is 3.22. The minimum absolute atomic E-state index is 0.167. The van der Waals surface area contributed by atoms with Gasteiger partial charge >= 0.3 is 0 Å². The molecule has 1 N–H and O–H groups in total. The number of amides is 2. The molecule has 1 aliphatic rings. The van der Waals surface area contributed by atoms with E-state index in [1.165, 1.54) is 0 Å². The van der Waals surface area contributed by atoms with Crippen molar-refractivity contribution in [3.8, 4) is 0 Å². The predicted octanol–water partition coefficient (Wildman–Crippen LogP) is 2.85. The largest absolute Gasteiger partial charge is 0.467 e. The molecule has 0 aliphatic carbocycles. The molecule has 0 radical (unpaired) electrons. The van der Waals surface area contributed by atoms with Gasteiger partial charge < -0.3 is 14.6 Å². The number of benzene rings is 1. The van der Waals surface area contributed by atoms with E-state index in [2.05, 4.69) is 5.32 Å². The van der Waals surface area contributed by atoms with Gasteiger partial charge in [-0.1, -0.05) is 23.7 Å². The molecular formula is C17H17ClN2O3. The zero-order valence-electron chi connectivity index (χ0n) is 12.5. The van der Waals surface area contributed by atoms with E-state index < -0.39 is 6.04 Å². The minimum atomic E-state index is -0.464. The second-order valence-corrected chi connectivity index (χ2v) is 5.84. The third-order valence-corrected chi connectivity index (χ3v) is 4.27. The maximum absolute atomic E-state index is 12.7. The molecule has 5 nitrogen and oxygen atoms in total. The van der Waals surface area contributed by atoms with Crippen LogP contribution in [0.25, 0.3) is 0 Å². The van der Waals surface area contributed by atoms with Crippen LogP contribution in [0.5, 0.6) is 0 Å². The zero-order valence-corrected chi connectivity index (χ0v) is 13.3. The highest BCUT2D eigenvalue weighted by Gasteiger charge is 2.35. The molecule has 2 heterocycles. The van der Waals surface area contributed by atoms with Crippen molar-refractivity contribution in [3.05, 3.63) is 59.0 Å². The van der Waals surface area contributed by atoms with Gasteiger partial charge in [0, 0.05) is 6.54 Å². The first-order chi connectivity index (χ1) is 11.2. The molecule has 1 aliphatic heterocycles. The fourth-order valence-corrected chi connectivity index (χ4v) is 2.99. The Balaban J connectivity index is 1.68. The van der Waals surface area contributed by atoms with E-state index in [9.17, 15) is 9.59 Å². The smallest absolute Gasteiger partial charge is 0.256 e. The fraction of sp³-hybridized carbons (Fsp3) is 0.294. The molecule has 1 atom stereocenters. The molecule has 1 unspecified atom stereocenters. The summed E-state index contributed by atoms with van der Waals surface area (Å²) in [5.41, 5.74) is 0.430. The van der Waals surface area contributed by atoms with Crippen molar-refractivity contribution < 1.29 is 14.0 Å². The number of nitrogens with one attached hydrogen (secondary N) is 1. The molecule has 1 saturated heterocycles. The Morgan fingerprint density at radius 3 is 2.83 bits per heavy atom. The number of rotatable bonds is 4. The Labute approximate surface area is 139 Å². The van der Waals surface area contributed by atoms with Crippen molar-refractivity contribution in [1.82, 2.24) is 10.2 Å². The van der Waals surface area contributed by atoms with Crippen molar-refractivity contribution >= 4 is 23.4 Å². The summed E-state index contributed by atoms with van der Waals surface area (Å²) >= 11 is 6.09. The molecular weight excluding hydrogens is 316 g/mol. The quantitative estimate of drug-likeness (QED) is 0.936. The van der Waals surface area contributed by atoms with Crippen LogP contribution in [-0.2, 0) is 11.3 Å². The van der Waals surface area contributed by atoms with E-state index in [-0.39, 0.29) is 11.8 Å². The Morgan fingerprint density at radius 1 is 1.26 bits per heavy atom. The molecule has 6 heteroatoms. The lowest BCUT2D eigenvalue weighted by molar-refractivity contribution is -0.125. The van der Waals surface area contributed by atoms with E-state index in [0.717, 1.165) is 6.42 Å². The van der Waals surface area contributed by atoms with Gasteiger partial charge in [-0.2, -0.15) is 0 Å². The van der Waals surface area contributed by atoms with Crippen molar-refractivity contribution in [2.75, 3.05) is 6.54 Å². The predicted molar refractivity (Wildman–Crippen MR) is 86.1 cm³/mol. The molecule has 1 aromatic carbocycles. The van der Waals surface area contributed by atoms with Crippen LogP contribution >= 0.6 is 11.6 Å². The van der Waals surface area contributed by atoms with Crippen LogP contribution in [0.1, 0.15) is 29.0 Å². The van der Waals surface area contributed by atoms with Gasteiger partial charge in [-0.05, 0) is 37.1 Å². The average Bonchev–Trinajstić information content (AvgIpc) is 3.24. The highest BCUT2D eigenvalue weighted by Crippen LogP contribution is 2.24. The number of hydrogen-bond acceptors (Lipinski definition) is 3. The number of furan rings is 1. The lowest BCUT2D eigenvalue weighted by Gasteiger charge is -2.24. The highest BCUT2D eigenvalue weighted by molar-refractivity contribution is 6.33. The van der Waals surface area contributed by atoms with E-state index in [4.69, 9.17) is 16.0 Å². The van der Waals surface area contributed by atoms with Crippen molar-refractivity contribution in [1.29, 1.82) is 0 Å². The van der Waals surface area contributed by atoms with Gasteiger partial charge in [0.15, 0.2) is 0 Å². The first-order valence-corrected chi connectivity index (χ1v) is 7.90. The topological polar surface area (TPSA) is 62.6 Å². The molecule has 3 rings (SSSR count). The molecule has 0 bridgehead atoms. The molecule has 1 fully saturated rings. The maximum Gasteiger partial charge on any atom is 0.256 e.